The third-order valence-corrected chi connectivity index (χ3v) is 8.49. The number of nitrogens with zero attached hydrogens (tertiary/aromatic N) is 1. The Morgan fingerprint density at radius 1 is 0.488 bits per heavy atom. The third-order valence-electron chi connectivity index (χ3n) is 4.06. The molecule has 0 aliphatic carbocycles. The van der Waals surface area contributed by atoms with Crippen LogP contribution in [-0.2, 0) is 23.3 Å². The van der Waals surface area contributed by atoms with Crippen LogP contribution in [0.2, 0.25) is 0 Å². The van der Waals surface area contributed by atoms with Gasteiger partial charge in [0.15, 0.2) is 0 Å². The van der Waals surface area contributed by atoms with Gasteiger partial charge in [0, 0.05) is 7.05 Å². The monoisotopic (exact) mass is 745 g/mol. The van der Waals surface area contributed by atoms with Crippen LogP contribution in [-0.4, -0.2) is 88.5 Å². The quantitative estimate of drug-likeness (QED) is 0.103. The molecule has 0 N–H and O–H groups in total. The normalized spacial score (nSPS) is 16.7. The van der Waals surface area contributed by atoms with Crippen LogP contribution in [0.25, 0.3) is 0 Å². The average Bonchev–Trinajstić information content (AvgIpc) is 2.67. The summed E-state index contributed by atoms with van der Waals surface area (Å²) in [6, 6.07) is 0. The summed E-state index contributed by atoms with van der Waals surface area (Å²) in [5, 5.41) is -8.39. The molecule has 0 saturated heterocycles. The van der Waals surface area contributed by atoms with Crippen molar-refractivity contribution in [3.63, 3.8) is 0 Å². The molecule has 32 heteroatoms. The molecule has 0 heterocycles. The van der Waals surface area contributed by atoms with Crippen LogP contribution in [0.15, 0.2) is 0 Å². The first-order valence-electron chi connectivity index (χ1n) is 8.65. The fourth-order valence-corrected chi connectivity index (χ4v) is 5.28. The molecule has 0 spiro atoms. The molecule has 43 heavy (non-hydrogen) atoms. The molecule has 0 amide bonds. The van der Waals surface area contributed by atoms with Crippen molar-refractivity contribution in [1.29, 1.82) is 0 Å². The van der Waals surface area contributed by atoms with E-state index in [2.05, 4.69) is 0 Å². The molecule has 0 unspecified atom stereocenters. The van der Waals surface area contributed by atoms with E-state index in [9.17, 15) is 114 Å². The van der Waals surface area contributed by atoms with Gasteiger partial charge in [-0.2, -0.15) is 79.0 Å². The fraction of sp³-hybridized carbons (Fsp3) is 1.00. The Kier molecular flexibility index (Phi) is 10.3. The summed E-state index contributed by atoms with van der Waals surface area (Å²) in [6.45, 7) is 0. The summed E-state index contributed by atoms with van der Waals surface area (Å²) >= 11 is 0. The third kappa shape index (κ3) is 7.10. The van der Waals surface area contributed by atoms with E-state index in [4.69, 9.17) is 0 Å². The van der Waals surface area contributed by atoms with E-state index in [0.29, 0.717) is 0 Å². The highest BCUT2D eigenvalue weighted by atomic mass is 32.2. The molecule has 260 valence electrons. The van der Waals surface area contributed by atoms with Gasteiger partial charge in [-0.25, -0.2) is 8.42 Å². The van der Waals surface area contributed by atoms with Crippen molar-refractivity contribution in [3.05, 3.63) is 0 Å². The second-order valence-electron chi connectivity index (χ2n) is 7.02. The number of hydrogen-bond acceptors (Lipinski definition) is 5. The van der Waals surface area contributed by atoms with Crippen molar-refractivity contribution >= 4 is 18.8 Å². The highest BCUT2D eigenvalue weighted by Crippen LogP contribution is 2.57. The Morgan fingerprint density at radius 3 is 1.05 bits per heavy atom. The molecule has 0 aromatic carbocycles. The average molecular weight is 745 g/mol. The van der Waals surface area contributed by atoms with Crippen LogP contribution in [0.5, 0.6) is 0 Å². The van der Waals surface area contributed by atoms with Gasteiger partial charge in [-0.05, 0) is 0 Å². The zero-order valence-electron chi connectivity index (χ0n) is 18.5. The smallest absolute Gasteiger partial charge is 0.294 e. The lowest BCUT2D eigenvalue weighted by molar-refractivity contribution is -0.398. The summed E-state index contributed by atoms with van der Waals surface area (Å²) in [4.78, 5) is 0. The second kappa shape index (κ2) is 10.7. The first-order chi connectivity index (χ1) is 18.0. The molecule has 0 aromatic heterocycles. The highest BCUT2D eigenvalue weighted by Gasteiger charge is 2.91. The minimum absolute atomic E-state index is 1.54. The predicted molar refractivity (Wildman–Crippen MR) is 79.6 cm³/mol. The van der Waals surface area contributed by atoms with E-state index >= 15 is 0 Å². The molecule has 0 fully saturated rings. The van der Waals surface area contributed by atoms with E-state index in [-0.39, 0.29) is 0 Å². The van der Waals surface area contributed by atoms with E-state index in [1.165, 1.54) is 8.85 Å². The van der Waals surface area contributed by atoms with E-state index < -0.39 is 90.1 Å². The summed E-state index contributed by atoms with van der Waals surface area (Å²) in [7, 11) is -21.0. The summed E-state index contributed by atoms with van der Waals surface area (Å²) < 4.78 is 337. The van der Waals surface area contributed by atoms with Gasteiger partial charge in [-0.15, -0.1) is 30.6 Å². The van der Waals surface area contributed by atoms with Gasteiger partial charge in [0.25, 0.3) is 10.0 Å². The minimum atomic E-state index is -10.4. The second-order valence-corrected chi connectivity index (χ2v) is 11.4. The molecule has 0 bridgehead atoms. The van der Waals surface area contributed by atoms with Crippen LogP contribution in [0.1, 0.15) is 0 Å². The van der Waals surface area contributed by atoms with E-state index in [1.807, 2.05) is 0 Å². The van der Waals surface area contributed by atoms with Gasteiger partial charge < -0.3 is 0 Å². The lowest BCUT2D eigenvalue weighted by Crippen LogP contribution is -2.76. The van der Waals surface area contributed by atoms with Crippen molar-refractivity contribution in [3.8, 4) is 0 Å². The molecule has 0 rings (SSSR count). The molecular weight excluding hydrogens is 742 g/mol. The van der Waals surface area contributed by atoms with Gasteiger partial charge in [-0.3, -0.25) is 13.3 Å². The van der Waals surface area contributed by atoms with Gasteiger partial charge in [0.05, 0.1) is 0 Å². The molecule has 0 aromatic rings. The zero-order chi connectivity index (χ0) is 35.7. The van der Waals surface area contributed by atoms with Gasteiger partial charge in [0.2, 0.25) is 0 Å². The van der Waals surface area contributed by atoms with Crippen LogP contribution in [0.4, 0.5) is 105 Å². The fourth-order valence-electron chi connectivity index (χ4n) is 1.99. The van der Waals surface area contributed by atoms with E-state index in [0.717, 1.165) is 0 Å². The van der Waals surface area contributed by atoms with Gasteiger partial charge >= 0.3 is 68.7 Å². The van der Waals surface area contributed by atoms with Crippen LogP contribution in [0, 0.1) is 0 Å². The van der Waals surface area contributed by atoms with Crippen molar-refractivity contribution in [2.45, 2.75) is 59.9 Å². The number of rotatable bonds is 11. The minimum Gasteiger partial charge on any atom is -0.294 e. The summed E-state index contributed by atoms with van der Waals surface area (Å²) in [5.41, 5.74) is -8.62. The first kappa shape index (κ1) is 41.3. The lowest BCUT2D eigenvalue weighted by Gasteiger charge is -2.42. The van der Waals surface area contributed by atoms with Crippen molar-refractivity contribution < 1.29 is 127 Å². The topological polar surface area (TPSA) is 65.1 Å². The number of halogens is 24. The molecule has 6 nitrogen and oxygen atoms in total. The van der Waals surface area contributed by atoms with E-state index in [1.54, 1.807) is 4.43 Å². The molecule has 0 aliphatic rings. The number of hydrogen-bond donors (Lipinski definition) is 0. The largest absolute Gasteiger partial charge is 0.600 e. The molecular formula is C11H3F24NO5SSi. The SMILES string of the molecule is CN(C(F)(F)O[Si](OC(F)(F)F)(OC(F)(F)F)C(F)(F)C(F)(F)C(F)(F)F)S(=O)(=O)C(F)(F)C(F)(F)C(F)(F)C(F)(F)F. The molecule has 0 atom stereocenters. The van der Waals surface area contributed by atoms with Crippen molar-refractivity contribution in [2.75, 3.05) is 7.05 Å². The Hall–Kier alpha value is -1.67. The Labute approximate surface area is 218 Å². The summed E-state index contributed by atoms with van der Waals surface area (Å²) in [5.74, 6) is -25.3. The molecule has 0 radical (unpaired) electrons. The van der Waals surface area contributed by atoms with Crippen LogP contribution >= 0.6 is 0 Å². The maximum atomic E-state index is 14.2. The maximum absolute atomic E-state index is 14.2. The lowest BCUT2D eigenvalue weighted by atomic mass is 10.1. The predicted octanol–water partition coefficient (Wildman–Crippen LogP) is 6.62. The van der Waals surface area contributed by atoms with Crippen LogP contribution in [0.3, 0.4) is 0 Å². The molecule has 0 aliphatic heterocycles. The van der Waals surface area contributed by atoms with Crippen LogP contribution < -0.4 is 0 Å². The first-order valence-corrected chi connectivity index (χ1v) is 11.8. The van der Waals surface area contributed by atoms with Crippen molar-refractivity contribution in [2.24, 2.45) is 0 Å². The maximum Gasteiger partial charge on any atom is 0.600 e. The Bertz CT molecular complexity index is 1090. The standard InChI is InChI=1S/C11H3F24NO5SSi/c1-36(42(37,38)7(24,25)3(14,15)2(12,13)5(18,19)20)11(34,35)41-43(39-9(28,29)30,40-10(31,32)33)8(26,27)4(16,17)6(21,22)23/h1H3. The zero-order valence-corrected chi connectivity index (χ0v) is 20.3. The highest BCUT2D eigenvalue weighted by molar-refractivity contribution is 7.90. The molecule has 0 saturated carbocycles. The summed E-state index contributed by atoms with van der Waals surface area (Å²) in [6.07, 6.45) is -39.1. The van der Waals surface area contributed by atoms with Gasteiger partial charge in [-0.1, -0.05) is 0 Å². The Morgan fingerprint density at radius 2 is 0.791 bits per heavy atom. The van der Waals surface area contributed by atoms with Crippen molar-refractivity contribution in [1.82, 2.24) is 4.31 Å². The number of alkyl halides is 24. The number of sulfonamides is 1. The Balaban J connectivity index is 7.62. The van der Waals surface area contributed by atoms with Gasteiger partial charge in [0.1, 0.15) is 0 Å².